The lowest BCUT2D eigenvalue weighted by Crippen LogP contribution is -1.98. The number of nitrogens with two attached hydrogens (primary N) is 1. The number of para-hydroxylation sites is 1. The number of hydrogen-bond donors (Lipinski definition) is 1. The van der Waals surface area contributed by atoms with Crippen LogP contribution >= 0.6 is 0 Å². The molecule has 0 saturated carbocycles. The fourth-order valence-corrected chi connectivity index (χ4v) is 1.60. The zero-order chi connectivity index (χ0) is 12.3. The van der Waals surface area contributed by atoms with Gasteiger partial charge in [0.2, 0.25) is 0 Å². The number of rotatable bonds is 3. The molecule has 2 aromatic carbocycles. The van der Waals surface area contributed by atoms with E-state index in [0.717, 1.165) is 11.3 Å². The normalized spacial score (nSPS) is 10.3. The maximum absolute atomic E-state index is 13.3. The molecule has 2 aromatic rings. The summed E-state index contributed by atoms with van der Waals surface area (Å²) in [6.45, 7) is 2.24. The van der Waals surface area contributed by atoms with E-state index in [4.69, 9.17) is 10.5 Å². The van der Waals surface area contributed by atoms with E-state index in [2.05, 4.69) is 0 Å². The zero-order valence-corrected chi connectivity index (χ0v) is 9.61. The van der Waals surface area contributed by atoms with E-state index in [1.165, 1.54) is 12.1 Å². The molecule has 0 aliphatic heterocycles. The summed E-state index contributed by atoms with van der Waals surface area (Å²) in [6, 6.07) is 12.1. The molecule has 2 rings (SSSR count). The van der Waals surface area contributed by atoms with Crippen LogP contribution in [0.4, 0.5) is 4.39 Å². The summed E-state index contributed by atoms with van der Waals surface area (Å²) in [5.41, 5.74) is 7.21. The number of aryl methyl sites for hydroxylation is 1. The third-order valence-corrected chi connectivity index (χ3v) is 2.49. The lowest BCUT2D eigenvalue weighted by Gasteiger charge is -2.09. The number of ether oxygens (including phenoxy) is 1. The van der Waals surface area contributed by atoms with E-state index in [1.54, 1.807) is 6.07 Å². The summed E-state index contributed by atoms with van der Waals surface area (Å²) in [5.74, 6) is 0.859. The molecule has 0 aliphatic rings. The quantitative estimate of drug-likeness (QED) is 0.878. The largest absolute Gasteiger partial charge is 0.457 e. The molecule has 0 amide bonds. The molecule has 0 aliphatic carbocycles. The Balaban J connectivity index is 2.30. The average Bonchev–Trinajstić information content (AvgIpc) is 2.31. The average molecular weight is 231 g/mol. The molecular formula is C14H14FNO. The second-order valence-electron chi connectivity index (χ2n) is 3.87. The minimum Gasteiger partial charge on any atom is -0.457 e. The Hall–Kier alpha value is -1.87. The smallest absolute Gasteiger partial charge is 0.130 e. The Bertz CT molecular complexity index is 525. The molecule has 0 aromatic heterocycles. The minimum atomic E-state index is -0.337. The first-order chi connectivity index (χ1) is 8.19. The fourth-order valence-electron chi connectivity index (χ4n) is 1.60. The van der Waals surface area contributed by atoms with Gasteiger partial charge in [-0.15, -0.1) is 0 Å². The van der Waals surface area contributed by atoms with Crippen molar-refractivity contribution in [1.29, 1.82) is 0 Å². The monoisotopic (exact) mass is 231 g/mol. The highest BCUT2D eigenvalue weighted by molar-refractivity contribution is 5.38. The van der Waals surface area contributed by atoms with Gasteiger partial charge >= 0.3 is 0 Å². The summed E-state index contributed by atoms with van der Waals surface area (Å²) in [7, 11) is 0. The van der Waals surface area contributed by atoms with Crippen LogP contribution in [0.3, 0.4) is 0 Å². The van der Waals surface area contributed by atoms with Crippen molar-refractivity contribution >= 4 is 0 Å². The first kappa shape index (κ1) is 11.6. The van der Waals surface area contributed by atoms with Gasteiger partial charge in [0.05, 0.1) is 0 Å². The van der Waals surface area contributed by atoms with Crippen molar-refractivity contribution in [3.63, 3.8) is 0 Å². The van der Waals surface area contributed by atoms with Crippen molar-refractivity contribution < 1.29 is 9.13 Å². The van der Waals surface area contributed by atoms with Gasteiger partial charge in [-0.25, -0.2) is 4.39 Å². The lowest BCUT2D eigenvalue weighted by molar-refractivity contribution is 0.472. The molecule has 0 heterocycles. The van der Waals surface area contributed by atoms with Crippen LogP contribution in [0.2, 0.25) is 0 Å². The van der Waals surface area contributed by atoms with Crippen molar-refractivity contribution in [2.75, 3.05) is 0 Å². The highest BCUT2D eigenvalue weighted by Gasteiger charge is 2.04. The molecule has 2 N–H and O–H groups in total. The summed E-state index contributed by atoms with van der Waals surface area (Å²) < 4.78 is 18.9. The van der Waals surface area contributed by atoms with Gasteiger partial charge in [-0.05, 0) is 36.2 Å². The zero-order valence-electron chi connectivity index (χ0n) is 9.61. The van der Waals surface area contributed by atoms with Crippen LogP contribution < -0.4 is 10.5 Å². The molecule has 88 valence electrons. The van der Waals surface area contributed by atoms with Crippen LogP contribution in [-0.4, -0.2) is 0 Å². The van der Waals surface area contributed by atoms with Crippen molar-refractivity contribution in [2.45, 2.75) is 13.5 Å². The second-order valence-corrected chi connectivity index (χ2v) is 3.87. The molecule has 0 unspecified atom stereocenters. The molecule has 0 saturated heterocycles. The van der Waals surface area contributed by atoms with Crippen LogP contribution in [0.15, 0.2) is 42.5 Å². The maximum Gasteiger partial charge on any atom is 0.130 e. The molecule has 0 atom stereocenters. The van der Waals surface area contributed by atoms with Crippen molar-refractivity contribution in [2.24, 2.45) is 5.73 Å². The number of halogens is 1. The van der Waals surface area contributed by atoms with Crippen molar-refractivity contribution in [3.8, 4) is 11.5 Å². The van der Waals surface area contributed by atoms with Gasteiger partial charge in [0, 0.05) is 12.6 Å². The highest BCUT2D eigenvalue weighted by atomic mass is 19.1. The first-order valence-corrected chi connectivity index (χ1v) is 5.42. The van der Waals surface area contributed by atoms with Gasteiger partial charge in [0.25, 0.3) is 0 Å². The fraction of sp³-hybridized carbons (Fsp3) is 0.143. The van der Waals surface area contributed by atoms with Crippen LogP contribution in [0.1, 0.15) is 11.1 Å². The molecule has 0 bridgehead atoms. The summed E-state index contributed by atoms with van der Waals surface area (Å²) in [4.78, 5) is 0. The predicted octanol–water partition coefficient (Wildman–Crippen LogP) is 3.39. The van der Waals surface area contributed by atoms with Gasteiger partial charge in [-0.2, -0.15) is 0 Å². The highest BCUT2D eigenvalue weighted by Crippen LogP contribution is 2.26. The number of benzene rings is 2. The van der Waals surface area contributed by atoms with Crippen LogP contribution in [-0.2, 0) is 6.54 Å². The maximum atomic E-state index is 13.3. The standard InChI is InChI=1S/C14H14FNO/c1-10-4-2-3-5-14(10)17-13-7-11(9-16)6-12(15)8-13/h2-8H,9,16H2,1H3. The van der Waals surface area contributed by atoms with Gasteiger partial charge in [-0.1, -0.05) is 18.2 Å². The van der Waals surface area contributed by atoms with Gasteiger partial charge < -0.3 is 10.5 Å². The van der Waals surface area contributed by atoms with E-state index in [9.17, 15) is 4.39 Å². The summed E-state index contributed by atoms with van der Waals surface area (Å²) in [6.07, 6.45) is 0. The molecule has 0 radical (unpaired) electrons. The molecule has 0 fully saturated rings. The SMILES string of the molecule is Cc1ccccc1Oc1cc(F)cc(CN)c1. The van der Waals surface area contributed by atoms with E-state index in [-0.39, 0.29) is 5.82 Å². The number of hydrogen-bond acceptors (Lipinski definition) is 2. The van der Waals surface area contributed by atoms with E-state index >= 15 is 0 Å². The minimum absolute atomic E-state index is 0.294. The van der Waals surface area contributed by atoms with Crippen LogP contribution in [0, 0.1) is 12.7 Å². The van der Waals surface area contributed by atoms with Crippen molar-refractivity contribution in [3.05, 3.63) is 59.4 Å². The second kappa shape index (κ2) is 4.97. The van der Waals surface area contributed by atoms with Crippen LogP contribution in [0.25, 0.3) is 0 Å². The van der Waals surface area contributed by atoms with E-state index in [1.807, 2.05) is 31.2 Å². The molecule has 0 spiro atoms. The summed E-state index contributed by atoms with van der Waals surface area (Å²) >= 11 is 0. The third-order valence-electron chi connectivity index (χ3n) is 2.49. The van der Waals surface area contributed by atoms with Gasteiger partial charge in [0.1, 0.15) is 17.3 Å². The summed E-state index contributed by atoms with van der Waals surface area (Å²) in [5, 5.41) is 0. The molecular weight excluding hydrogens is 217 g/mol. The van der Waals surface area contributed by atoms with Gasteiger partial charge in [0.15, 0.2) is 0 Å². The topological polar surface area (TPSA) is 35.2 Å². The third kappa shape index (κ3) is 2.82. The predicted molar refractivity (Wildman–Crippen MR) is 65.5 cm³/mol. The van der Waals surface area contributed by atoms with Crippen LogP contribution in [0.5, 0.6) is 11.5 Å². The molecule has 2 nitrogen and oxygen atoms in total. The Morgan fingerprint density at radius 2 is 1.94 bits per heavy atom. The van der Waals surface area contributed by atoms with E-state index < -0.39 is 0 Å². The molecule has 3 heteroatoms. The van der Waals surface area contributed by atoms with Gasteiger partial charge in [-0.3, -0.25) is 0 Å². The first-order valence-electron chi connectivity index (χ1n) is 5.42. The Morgan fingerprint density at radius 3 is 2.65 bits per heavy atom. The lowest BCUT2D eigenvalue weighted by atomic mass is 10.2. The Morgan fingerprint density at radius 1 is 1.18 bits per heavy atom. The van der Waals surface area contributed by atoms with Crippen molar-refractivity contribution in [1.82, 2.24) is 0 Å². The Kier molecular flexibility index (Phi) is 3.40. The Labute approximate surface area is 99.8 Å². The molecule has 17 heavy (non-hydrogen) atoms. The van der Waals surface area contributed by atoms with E-state index in [0.29, 0.717) is 17.9 Å².